The summed E-state index contributed by atoms with van der Waals surface area (Å²) in [7, 11) is 0. The maximum Gasteiger partial charge on any atom is 0.132 e. The second-order valence-electron chi connectivity index (χ2n) is 12.5. The Balaban J connectivity index is 1.14. The van der Waals surface area contributed by atoms with E-state index in [1.54, 1.807) is 0 Å². The number of fused-ring (bicyclic) bond motifs is 9. The fourth-order valence-corrected chi connectivity index (χ4v) is 7.80. The van der Waals surface area contributed by atoms with Crippen LogP contribution in [-0.4, -0.2) is 4.57 Å². The molecule has 0 saturated carbocycles. The van der Waals surface area contributed by atoms with Gasteiger partial charge in [0, 0.05) is 33.5 Å². The van der Waals surface area contributed by atoms with Crippen molar-refractivity contribution in [3.63, 3.8) is 0 Å². The summed E-state index contributed by atoms with van der Waals surface area (Å²) in [6.07, 6.45) is 0. The van der Waals surface area contributed by atoms with Crippen molar-refractivity contribution >= 4 is 43.4 Å². The second kappa shape index (κ2) is 10.2. The molecule has 10 rings (SSSR count). The number of para-hydroxylation sites is 2. The Morgan fingerprint density at radius 3 is 1.64 bits per heavy atom. The molecule has 2 heteroatoms. The first-order chi connectivity index (χ1) is 23.3. The van der Waals surface area contributed by atoms with E-state index >= 15 is 0 Å². The van der Waals surface area contributed by atoms with Crippen molar-refractivity contribution in [3.8, 4) is 28.3 Å². The van der Waals surface area contributed by atoms with E-state index in [4.69, 9.17) is 4.74 Å². The van der Waals surface area contributed by atoms with Gasteiger partial charge in [0.05, 0.1) is 11.0 Å². The zero-order chi connectivity index (χ0) is 30.9. The van der Waals surface area contributed by atoms with Crippen molar-refractivity contribution in [2.45, 2.75) is 5.92 Å². The van der Waals surface area contributed by atoms with E-state index in [2.05, 4.69) is 174 Å². The van der Waals surface area contributed by atoms with Gasteiger partial charge in [0.15, 0.2) is 0 Å². The van der Waals surface area contributed by atoms with E-state index in [-0.39, 0.29) is 5.92 Å². The molecular formula is C45H29NO. The Kier molecular flexibility index (Phi) is 5.67. The zero-order valence-corrected chi connectivity index (χ0v) is 25.6. The molecule has 8 aromatic carbocycles. The van der Waals surface area contributed by atoms with Crippen molar-refractivity contribution in [1.29, 1.82) is 0 Å². The smallest absolute Gasteiger partial charge is 0.132 e. The Morgan fingerprint density at radius 2 is 0.957 bits per heavy atom. The Hall–Kier alpha value is -6.12. The van der Waals surface area contributed by atoms with Gasteiger partial charge in [-0.25, -0.2) is 0 Å². The molecule has 1 aliphatic rings. The maximum atomic E-state index is 6.65. The average molecular weight is 600 g/mol. The topological polar surface area (TPSA) is 14.2 Å². The van der Waals surface area contributed by atoms with Crippen molar-refractivity contribution in [2.24, 2.45) is 0 Å². The fraction of sp³-hybridized carbons (Fsp3) is 0.0222. The van der Waals surface area contributed by atoms with Crippen LogP contribution in [0.3, 0.4) is 0 Å². The van der Waals surface area contributed by atoms with E-state index in [0.717, 1.165) is 11.5 Å². The van der Waals surface area contributed by atoms with Crippen molar-refractivity contribution < 1.29 is 4.74 Å². The summed E-state index contributed by atoms with van der Waals surface area (Å²) >= 11 is 0. The molecule has 2 nitrogen and oxygen atoms in total. The van der Waals surface area contributed by atoms with Gasteiger partial charge in [0.2, 0.25) is 0 Å². The lowest BCUT2D eigenvalue weighted by molar-refractivity contribution is 0.456. The first-order valence-electron chi connectivity index (χ1n) is 16.2. The minimum atomic E-state index is 0.0336. The normalized spacial score (nSPS) is 12.8. The number of rotatable bonds is 3. The van der Waals surface area contributed by atoms with Crippen LogP contribution in [0.1, 0.15) is 22.6 Å². The molecule has 0 spiro atoms. The quantitative estimate of drug-likeness (QED) is 0.197. The van der Waals surface area contributed by atoms with E-state index in [0.29, 0.717) is 0 Å². The lowest BCUT2D eigenvalue weighted by Gasteiger charge is -2.31. The van der Waals surface area contributed by atoms with Gasteiger partial charge < -0.3 is 9.30 Å². The van der Waals surface area contributed by atoms with E-state index in [9.17, 15) is 0 Å². The monoisotopic (exact) mass is 599 g/mol. The van der Waals surface area contributed by atoms with Crippen LogP contribution < -0.4 is 4.74 Å². The SMILES string of the molecule is c1ccc(-n2c3ccccc3c3cc(-c4ccc(C5c6c(ccc7ccccc67)Oc6ccc7ccccc7c65)cc4)ccc32)cc1. The third kappa shape index (κ3) is 3.98. The highest BCUT2D eigenvalue weighted by atomic mass is 16.5. The molecule has 0 aliphatic carbocycles. The molecule has 47 heavy (non-hydrogen) atoms. The summed E-state index contributed by atoms with van der Waals surface area (Å²) in [5, 5.41) is 7.44. The minimum absolute atomic E-state index is 0.0336. The van der Waals surface area contributed by atoms with Crippen LogP contribution in [-0.2, 0) is 0 Å². The van der Waals surface area contributed by atoms with Crippen LogP contribution in [0.5, 0.6) is 11.5 Å². The summed E-state index contributed by atoms with van der Waals surface area (Å²) in [5.41, 5.74) is 9.75. The van der Waals surface area contributed by atoms with Gasteiger partial charge in [-0.2, -0.15) is 0 Å². The van der Waals surface area contributed by atoms with Crippen LogP contribution in [0.4, 0.5) is 0 Å². The van der Waals surface area contributed by atoms with Gasteiger partial charge in [0.1, 0.15) is 11.5 Å². The Labute approximate surface area is 272 Å². The second-order valence-corrected chi connectivity index (χ2v) is 12.5. The van der Waals surface area contributed by atoms with E-state index < -0.39 is 0 Å². The lowest BCUT2D eigenvalue weighted by atomic mass is 9.78. The first kappa shape index (κ1) is 26.1. The molecule has 1 aliphatic heterocycles. The molecule has 0 unspecified atom stereocenters. The van der Waals surface area contributed by atoms with Crippen molar-refractivity contribution in [1.82, 2.24) is 4.57 Å². The molecule has 0 amide bonds. The highest BCUT2D eigenvalue weighted by Crippen LogP contribution is 2.52. The van der Waals surface area contributed by atoms with Crippen LogP contribution in [0.25, 0.3) is 60.2 Å². The minimum Gasteiger partial charge on any atom is -0.457 e. The van der Waals surface area contributed by atoms with E-state index in [1.165, 1.54) is 76.9 Å². The van der Waals surface area contributed by atoms with Gasteiger partial charge in [-0.05, 0) is 80.7 Å². The van der Waals surface area contributed by atoms with Gasteiger partial charge in [-0.15, -0.1) is 0 Å². The molecular weight excluding hydrogens is 571 g/mol. The summed E-state index contributed by atoms with van der Waals surface area (Å²) in [4.78, 5) is 0. The number of aromatic nitrogens is 1. The highest BCUT2D eigenvalue weighted by Gasteiger charge is 2.32. The third-order valence-electron chi connectivity index (χ3n) is 9.92. The van der Waals surface area contributed by atoms with Gasteiger partial charge in [-0.3, -0.25) is 0 Å². The molecule has 2 heterocycles. The van der Waals surface area contributed by atoms with E-state index in [1.807, 2.05) is 0 Å². The van der Waals surface area contributed by atoms with Crippen molar-refractivity contribution in [3.05, 3.63) is 187 Å². The Morgan fingerprint density at radius 1 is 0.404 bits per heavy atom. The summed E-state index contributed by atoms with van der Waals surface area (Å²) in [5.74, 6) is 1.90. The molecule has 0 fully saturated rings. The maximum absolute atomic E-state index is 6.65. The predicted octanol–water partition coefficient (Wildman–Crippen LogP) is 12.0. The average Bonchev–Trinajstić information content (AvgIpc) is 3.48. The van der Waals surface area contributed by atoms with Gasteiger partial charge >= 0.3 is 0 Å². The Bertz CT molecular complexity index is 2560. The van der Waals surface area contributed by atoms with Crippen LogP contribution >= 0.6 is 0 Å². The molecule has 0 radical (unpaired) electrons. The molecule has 0 N–H and O–H groups in total. The molecule has 0 bridgehead atoms. The first-order valence-corrected chi connectivity index (χ1v) is 16.2. The van der Waals surface area contributed by atoms with Gasteiger partial charge in [-0.1, -0.05) is 127 Å². The van der Waals surface area contributed by atoms with Crippen LogP contribution in [0.2, 0.25) is 0 Å². The number of hydrogen-bond acceptors (Lipinski definition) is 1. The molecule has 0 atom stereocenters. The fourth-order valence-electron chi connectivity index (χ4n) is 7.80. The molecule has 220 valence electrons. The van der Waals surface area contributed by atoms with Crippen molar-refractivity contribution in [2.75, 3.05) is 0 Å². The molecule has 1 aromatic heterocycles. The third-order valence-corrected chi connectivity index (χ3v) is 9.92. The van der Waals surface area contributed by atoms with Crippen LogP contribution in [0.15, 0.2) is 170 Å². The zero-order valence-electron chi connectivity index (χ0n) is 25.6. The lowest BCUT2D eigenvalue weighted by Crippen LogP contribution is -2.13. The summed E-state index contributed by atoms with van der Waals surface area (Å²) in [6, 6.07) is 61.4. The largest absolute Gasteiger partial charge is 0.457 e. The molecule has 9 aromatic rings. The van der Waals surface area contributed by atoms with Gasteiger partial charge in [0.25, 0.3) is 0 Å². The van der Waals surface area contributed by atoms with Crippen LogP contribution in [0, 0.1) is 0 Å². The predicted molar refractivity (Wildman–Crippen MR) is 195 cm³/mol. The number of ether oxygens (including phenoxy) is 1. The number of benzene rings is 8. The molecule has 0 saturated heterocycles. The summed E-state index contributed by atoms with van der Waals surface area (Å²) < 4.78 is 9.01. The highest BCUT2D eigenvalue weighted by molar-refractivity contribution is 6.10. The standard InChI is InChI=1S/C45H29NO/c1-2-12-34(13-3-1)46-39-17-9-8-16-37(39)38-28-33(22-25-40(38)46)29-18-20-32(21-19-29)43-44-35-14-6-4-10-30(35)23-26-41(44)47-42-27-24-31-11-5-7-15-36(31)45(42)43/h1-28,43H. The number of nitrogens with zero attached hydrogens (tertiary/aromatic N) is 1. The number of hydrogen-bond donors (Lipinski definition) is 0. The summed E-state index contributed by atoms with van der Waals surface area (Å²) in [6.45, 7) is 0.